The zero-order valence-electron chi connectivity index (χ0n) is 13.2. The Kier molecular flexibility index (Phi) is 5.22. The quantitative estimate of drug-likeness (QED) is 0.842. The molecule has 0 saturated heterocycles. The number of aryl methyl sites for hydroxylation is 1. The Morgan fingerprint density at radius 3 is 2.45 bits per heavy atom. The predicted octanol–water partition coefficient (Wildman–Crippen LogP) is 2.46. The molecule has 1 aliphatic rings. The number of aromatic nitrogens is 2. The second kappa shape index (κ2) is 6.72. The van der Waals surface area contributed by atoms with E-state index in [4.69, 9.17) is 0 Å². The number of hydrogen-bond donors (Lipinski definition) is 1. The van der Waals surface area contributed by atoms with E-state index in [1.165, 1.54) is 25.7 Å². The van der Waals surface area contributed by atoms with Crippen molar-refractivity contribution in [1.29, 1.82) is 0 Å². The zero-order valence-corrected chi connectivity index (χ0v) is 13.2. The van der Waals surface area contributed by atoms with Crippen LogP contribution in [0.1, 0.15) is 51.0 Å². The third kappa shape index (κ3) is 3.23. The second-order valence-electron chi connectivity index (χ2n) is 6.34. The van der Waals surface area contributed by atoms with Gasteiger partial charge in [-0.05, 0) is 39.4 Å². The molecular weight excluding hydrogens is 250 g/mol. The van der Waals surface area contributed by atoms with Crippen molar-refractivity contribution in [3.8, 4) is 0 Å². The molecule has 1 aromatic heterocycles. The van der Waals surface area contributed by atoms with Gasteiger partial charge in [0, 0.05) is 24.7 Å². The molecule has 20 heavy (non-hydrogen) atoms. The van der Waals surface area contributed by atoms with E-state index in [9.17, 15) is 5.11 Å². The van der Waals surface area contributed by atoms with Gasteiger partial charge < -0.3 is 10.0 Å². The summed E-state index contributed by atoms with van der Waals surface area (Å²) in [5.74, 6) is 0. The van der Waals surface area contributed by atoms with Crippen molar-refractivity contribution in [3.63, 3.8) is 0 Å². The highest BCUT2D eigenvalue weighted by Gasteiger charge is 2.40. The van der Waals surface area contributed by atoms with Gasteiger partial charge in [0.1, 0.15) is 0 Å². The van der Waals surface area contributed by atoms with E-state index >= 15 is 0 Å². The highest BCUT2D eigenvalue weighted by Crippen LogP contribution is 2.35. The Morgan fingerprint density at radius 2 is 1.95 bits per heavy atom. The first-order valence-corrected chi connectivity index (χ1v) is 7.95. The molecular formula is C16H29N3O. The molecule has 1 fully saturated rings. The highest BCUT2D eigenvalue weighted by atomic mass is 16.3. The van der Waals surface area contributed by atoms with E-state index in [2.05, 4.69) is 37.2 Å². The molecule has 114 valence electrons. The Morgan fingerprint density at radius 1 is 1.30 bits per heavy atom. The molecule has 1 aromatic rings. The fourth-order valence-corrected chi connectivity index (χ4v) is 3.52. The van der Waals surface area contributed by atoms with Crippen LogP contribution in [0, 0.1) is 0 Å². The van der Waals surface area contributed by atoms with Gasteiger partial charge >= 0.3 is 0 Å². The molecule has 2 rings (SSSR count). The number of nitrogens with zero attached hydrogens (tertiary/aromatic N) is 3. The van der Waals surface area contributed by atoms with E-state index in [1.54, 1.807) is 0 Å². The lowest BCUT2D eigenvalue weighted by Crippen LogP contribution is -2.54. The van der Waals surface area contributed by atoms with Crippen LogP contribution >= 0.6 is 0 Å². The van der Waals surface area contributed by atoms with Crippen LogP contribution in [0.2, 0.25) is 0 Å². The lowest BCUT2D eigenvalue weighted by molar-refractivity contribution is -0.0174. The van der Waals surface area contributed by atoms with Gasteiger partial charge in [-0.3, -0.25) is 4.68 Å². The molecule has 1 heterocycles. The van der Waals surface area contributed by atoms with Crippen molar-refractivity contribution in [2.45, 2.75) is 70.1 Å². The first kappa shape index (κ1) is 15.5. The van der Waals surface area contributed by atoms with Crippen LogP contribution in [0.25, 0.3) is 0 Å². The molecule has 0 aliphatic heterocycles. The zero-order chi connectivity index (χ0) is 14.6. The second-order valence-corrected chi connectivity index (χ2v) is 6.34. The van der Waals surface area contributed by atoms with Crippen LogP contribution in [-0.2, 0) is 13.0 Å². The van der Waals surface area contributed by atoms with E-state index < -0.39 is 0 Å². The fourth-order valence-electron chi connectivity index (χ4n) is 3.52. The molecule has 1 saturated carbocycles. The van der Waals surface area contributed by atoms with Crippen molar-refractivity contribution >= 4 is 0 Å². The maximum atomic E-state index is 10.9. The normalized spacial score (nSPS) is 20.9. The molecule has 0 aromatic carbocycles. The summed E-state index contributed by atoms with van der Waals surface area (Å²) >= 11 is 0. The van der Waals surface area contributed by atoms with Crippen LogP contribution in [0.15, 0.2) is 12.4 Å². The molecule has 1 unspecified atom stereocenters. The average molecular weight is 279 g/mol. The molecule has 0 spiro atoms. The van der Waals surface area contributed by atoms with Gasteiger partial charge in [0.15, 0.2) is 0 Å². The average Bonchev–Trinajstić information content (AvgIpc) is 2.73. The summed E-state index contributed by atoms with van der Waals surface area (Å²) in [5.41, 5.74) is 1.08. The molecule has 1 N–H and O–H groups in total. The van der Waals surface area contributed by atoms with Crippen molar-refractivity contribution < 1.29 is 5.11 Å². The third-order valence-electron chi connectivity index (χ3n) is 4.92. The summed E-state index contributed by atoms with van der Waals surface area (Å²) in [6.07, 6.45) is 11.6. The molecule has 4 nitrogen and oxygen atoms in total. The highest BCUT2D eigenvalue weighted by molar-refractivity contribution is 5.09. The van der Waals surface area contributed by atoms with E-state index in [0.29, 0.717) is 6.42 Å². The Balaban J connectivity index is 2.11. The molecule has 1 aliphatic carbocycles. The standard InChI is InChI=1S/C16H29N3O/c1-4-19-13-14(12-17-19)11-15(20)16(18(2)3)9-7-5-6-8-10-16/h12-13,15,20H,4-11H2,1-3H3. The lowest BCUT2D eigenvalue weighted by atomic mass is 9.81. The maximum Gasteiger partial charge on any atom is 0.0765 e. The summed E-state index contributed by atoms with van der Waals surface area (Å²) < 4.78 is 1.93. The van der Waals surface area contributed by atoms with Crippen molar-refractivity contribution in [2.24, 2.45) is 0 Å². The van der Waals surface area contributed by atoms with E-state index in [-0.39, 0.29) is 11.6 Å². The van der Waals surface area contributed by atoms with Gasteiger partial charge in [0.25, 0.3) is 0 Å². The van der Waals surface area contributed by atoms with E-state index in [0.717, 1.165) is 24.9 Å². The summed E-state index contributed by atoms with van der Waals surface area (Å²) in [6.45, 7) is 2.97. The molecule has 0 bridgehead atoms. The van der Waals surface area contributed by atoms with Crippen LogP contribution < -0.4 is 0 Å². The van der Waals surface area contributed by atoms with Gasteiger partial charge in [0.05, 0.1) is 12.3 Å². The number of hydrogen-bond acceptors (Lipinski definition) is 3. The minimum absolute atomic E-state index is 0.0647. The van der Waals surface area contributed by atoms with Crippen LogP contribution in [-0.4, -0.2) is 45.5 Å². The third-order valence-corrected chi connectivity index (χ3v) is 4.92. The Bertz CT molecular complexity index is 406. The summed E-state index contributed by atoms with van der Waals surface area (Å²) in [5, 5.41) is 15.2. The minimum atomic E-state index is -0.315. The Hall–Kier alpha value is -0.870. The minimum Gasteiger partial charge on any atom is -0.391 e. The molecule has 4 heteroatoms. The molecule has 0 radical (unpaired) electrons. The van der Waals surface area contributed by atoms with Crippen molar-refractivity contribution in [2.75, 3.05) is 14.1 Å². The van der Waals surface area contributed by atoms with Crippen LogP contribution in [0.3, 0.4) is 0 Å². The number of aliphatic hydroxyl groups excluding tert-OH is 1. The first-order valence-electron chi connectivity index (χ1n) is 7.95. The molecule has 0 amide bonds. The van der Waals surface area contributed by atoms with Gasteiger partial charge in [-0.25, -0.2) is 0 Å². The maximum absolute atomic E-state index is 10.9. The number of aliphatic hydroxyl groups is 1. The first-order chi connectivity index (χ1) is 9.58. The lowest BCUT2D eigenvalue weighted by Gasteiger charge is -2.43. The number of rotatable bonds is 5. The predicted molar refractivity (Wildman–Crippen MR) is 81.7 cm³/mol. The summed E-state index contributed by atoms with van der Waals surface area (Å²) in [4.78, 5) is 2.26. The van der Waals surface area contributed by atoms with Gasteiger partial charge in [-0.2, -0.15) is 5.10 Å². The topological polar surface area (TPSA) is 41.3 Å². The summed E-state index contributed by atoms with van der Waals surface area (Å²) in [6, 6.07) is 0. The van der Waals surface area contributed by atoms with Crippen LogP contribution in [0.4, 0.5) is 0 Å². The smallest absolute Gasteiger partial charge is 0.0765 e. The summed E-state index contributed by atoms with van der Waals surface area (Å²) in [7, 11) is 4.23. The van der Waals surface area contributed by atoms with E-state index in [1.807, 2.05) is 10.9 Å². The fraction of sp³-hybridized carbons (Fsp3) is 0.812. The van der Waals surface area contributed by atoms with Crippen molar-refractivity contribution in [3.05, 3.63) is 18.0 Å². The Labute approximate surface area is 122 Å². The number of likely N-dealkylation sites (N-methyl/N-ethyl adjacent to an activating group) is 1. The van der Waals surface area contributed by atoms with Gasteiger partial charge in [-0.15, -0.1) is 0 Å². The largest absolute Gasteiger partial charge is 0.391 e. The molecule has 1 atom stereocenters. The van der Waals surface area contributed by atoms with Gasteiger partial charge in [0.2, 0.25) is 0 Å². The SMILES string of the molecule is CCn1cc(CC(O)C2(N(C)C)CCCCCC2)cn1. The van der Waals surface area contributed by atoms with Crippen LogP contribution in [0.5, 0.6) is 0 Å². The van der Waals surface area contributed by atoms with Gasteiger partial charge in [-0.1, -0.05) is 25.7 Å². The monoisotopic (exact) mass is 279 g/mol. The van der Waals surface area contributed by atoms with Crippen molar-refractivity contribution in [1.82, 2.24) is 14.7 Å².